The van der Waals surface area contributed by atoms with Crippen molar-refractivity contribution in [3.63, 3.8) is 0 Å². The minimum Gasteiger partial charge on any atom is -0.449 e. The molecule has 3 aromatic carbocycles. The third-order valence-electron chi connectivity index (χ3n) is 3.82. The Morgan fingerprint density at radius 2 is 1.50 bits per heavy atom. The van der Waals surface area contributed by atoms with Gasteiger partial charge in [-0.3, -0.25) is 4.90 Å². The number of anilines is 1. The lowest BCUT2D eigenvalue weighted by atomic mass is 10.00. The molecule has 0 aliphatic rings. The fourth-order valence-electron chi connectivity index (χ4n) is 2.86. The van der Waals surface area contributed by atoms with Crippen molar-refractivity contribution in [3.05, 3.63) is 54.6 Å². The lowest BCUT2D eigenvalue weighted by Gasteiger charge is -2.24. The Kier molecular flexibility index (Phi) is 3.96. The van der Waals surface area contributed by atoms with Gasteiger partial charge in [0.05, 0.1) is 12.3 Å². The molecule has 0 fully saturated rings. The van der Waals surface area contributed by atoms with Crippen LogP contribution >= 0.6 is 0 Å². The van der Waals surface area contributed by atoms with E-state index in [9.17, 15) is 4.79 Å². The molecule has 0 saturated heterocycles. The van der Waals surface area contributed by atoms with Gasteiger partial charge in [0.1, 0.15) is 0 Å². The molecule has 0 aliphatic carbocycles. The molecule has 0 radical (unpaired) electrons. The third-order valence-corrected chi connectivity index (χ3v) is 3.82. The van der Waals surface area contributed by atoms with Crippen molar-refractivity contribution in [2.24, 2.45) is 0 Å². The van der Waals surface area contributed by atoms with Crippen LogP contribution in [0.2, 0.25) is 0 Å². The number of carbonyl (C=O) groups excluding carboxylic acids is 1. The first-order valence-electron chi connectivity index (χ1n) is 7.61. The highest BCUT2D eigenvalue weighted by molar-refractivity contribution is 6.15. The minimum absolute atomic E-state index is 0.300. The Hall–Kier alpha value is -2.55. The summed E-state index contributed by atoms with van der Waals surface area (Å²) in [5.74, 6) is 0. The molecule has 3 rings (SSSR count). The summed E-state index contributed by atoms with van der Waals surface area (Å²) in [6.07, 6.45) is -0.300. The number of benzene rings is 3. The standard InChI is InChI=1S/C19H19NO2/c1-3-20(19(21)22-4-2)18-16-11-7-5-9-14(16)13-15-10-6-8-12-17(15)18/h5-13H,3-4H2,1-2H3. The first-order valence-corrected chi connectivity index (χ1v) is 7.61. The van der Waals surface area contributed by atoms with Crippen LogP contribution in [-0.4, -0.2) is 19.2 Å². The van der Waals surface area contributed by atoms with E-state index >= 15 is 0 Å². The number of rotatable bonds is 3. The molecule has 0 heterocycles. The van der Waals surface area contributed by atoms with Crippen molar-refractivity contribution in [3.8, 4) is 0 Å². The molecule has 3 nitrogen and oxygen atoms in total. The zero-order valence-corrected chi connectivity index (χ0v) is 12.9. The van der Waals surface area contributed by atoms with Crippen LogP contribution in [0.5, 0.6) is 0 Å². The van der Waals surface area contributed by atoms with Gasteiger partial charge in [0.25, 0.3) is 0 Å². The molecule has 0 atom stereocenters. The van der Waals surface area contributed by atoms with Crippen molar-refractivity contribution in [2.75, 3.05) is 18.1 Å². The number of carbonyl (C=O) groups is 1. The summed E-state index contributed by atoms with van der Waals surface area (Å²) in [7, 11) is 0. The zero-order valence-electron chi connectivity index (χ0n) is 12.9. The predicted octanol–water partition coefficient (Wildman–Crippen LogP) is 4.98. The van der Waals surface area contributed by atoms with E-state index in [0.717, 1.165) is 27.2 Å². The molecule has 0 saturated carbocycles. The van der Waals surface area contributed by atoms with E-state index in [1.54, 1.807) is 4.90 Å². The third kappa shape index (κ3) is 2.39. The molecule has 1 amide bonds. The molecule has 0 aliphatic heterocycles. The molecule has 0 bridgehead atoms. The first kappa shape index (κ1) is 14.4. The SMILES string of the molecule is CCOC(=O)N(CC)c1c2ccccc2cc2ccccc12. The maximum Gasteiger partial charge on any atom is 0.414 e. The van der Waals surface area contributed by atoms with Crippen LogP contribution in [0, 0.1) is 0 Å². The van der Waals surface area contributed by atoms with E-state index < -0.39 is 0 Å². The van der Waals surface area contributed by atoms with E-state index in [2.05, 4.69) is 30.3 Å². The smallest absolute Gasteiger partial charge is 0.414 e. The Labute approximate surface area is 130 Å². The van der Waals surface area contributed by atoms with Crippen molar-refractivity contribution in [1.29, 1.82) is 0 Å². The molecule has 0 aromatic heterocycles. The van der Waals surface area contributed by atoms with Gasteiger partial charge in [-0.05, 0) is 30.7 Å². The van der Waals surface area contributed by atoms with E-state index in [1.807, 2.05) is 38.1 Å². The summed E-state index contributed by atoms with van der Waals surface area (Å²) in [4.78, 5) is 14.1. The summed E-state index contributed by atoms with van der Waals surface area (Å²) in [6.45, 7) is 4.73. The second-order valence-electron chi connectivity index (χ2n) is 5.11. The van der Waals surface area contributed by atoms with Crippen LogP contribution in [0.25, 0.3) is 21.5 Å². The second-order valence-corrected chi connectivity index (χ2v) is 5.11. The number of fused-ring (bicyclic) bond motifs is 2. The van der Waals surface area contributed by atoms with E-state index in [1.165, 1.54) is 0 Å². The number of nitrogens with zero attached hydrogens (tertiary/aromatic N) is 1. The fourth-order valence-corrected chi connectivity index (χ4v) is 2.86. The van der Waals surface area contributed by atoms with Gasteiger partial charge >= 0.3 is 6.09 Å². The van der Waals surface area contributed by atoms with E-state index in [0.29, 0.717) is 13.2 Å². The summed E-state index contributed by atoms with van der Waals surface area (Å²) >= 11 is 0. The molecular formula is C19H19NO2. The highest BCUT2D eigenvalue weighted by atomic mass is 16.6. The van der Waals surface area contributed by atoms with E-state index in [4.69, 9.17) is 4.74 Å². The number of hydrogen-bond donors (Lipinski definition) is 0. The van der Waals surface area contributed by atoms with Gasteiger partial charge in [-0.1, -0.05) is 48.5 Å². The van der Waals surface area contributed by atoms with Crippen LogP contribution in [0.1, 0.15) is 13.8 Å². The lowest BCUT2D eigenvalue weighted by Crippen LogP contribution is -2.31. The lowest BCUT2D eigenvalue weighted by molar-refractivity contribution is 0.160. The number of amides is 1. The van der Waals surface area contributed by atoms with E-state index in [-0.39, 0.29) is 6.09 Å². The average Bonchev–Trinajstić information content (AvgIpc) is 2.55. The van der Waals surface area contributed by atoms with Gasteiger partial charge in [0.15, 0.2) is 0 Å². The molecule has 0 N–H and O–H groups in total. The average molecular weight is 293 g/mol. The Balaban J connectivity index is 2.34. The van der Waals surface area contributed by atoms with Crippen molar-refractivity contribution >= 4 is 33.3 Å². The van der Waals surface area contributed by atoms with Gasteiger partial charge in [-0.2, -0.15) is 0 Å². The van der Waals surface area contributed by atoms with Crippen molar-refractivity contribution in [1.82, 2.24) is 0 Å². The molecule has 3 aromatic rings. The second kappa shape index (κ2) is 6.06. The molecule has 3 heteroatoms. The molecular weight excluding hydrogens is 274 g/mol. The highest BCUT2D eigenvalue weighted by Crippen LogP contribution is 2.35. The zero-order chi connectivity index (χ0) is 15.5. The maximum absolute atomic E-state index is 12.4. The summed E-state index contributed by atoms with van der Waals surface area (Å²) in [6, 6.07) is 18.4. The fraction of sp³-hybridized carbons (Fsp3) is 0.211. The quantitative estimate of drug-likeness (QED) is 0.638. The Morgan fingerprint density at radius 3 is 2.00 bits per heavy atom. The van der Waals surface area contributed by atoms with Crippen LogP contribution < -0.4 is 4.90 Å². The monoisotopic (exact) mass is 293 g/mol. The largest absolute Gasteiger partial charge is 0.449 e. The first-order chi connectivity index (χ1) is 10.8. The predicted molar refractivity (Wildman–Crippen MR) is 91.5 cm³/mol. The Bertz CT molecular complexity index is 772. The Morgan fingerprint density at radius 1 is 0.955 bits per heavy atom. The van der Waals surface area contributed by atoms with Gasteiger partial charge in [0.2, 0.25) is 0 Å². The van der Waals surface area contributed by atoms with Crippen LogP contribution in [-0.2, 0) is 4.74 Å². The van der Waals surface area contributed by atoms with Crippen molar-refractivity contribution in [2.45, 2.75) is 13.8 Å². The maximum atomic E-state index is 12.4. The van der Waals surface area contributed by atoms with Crippen LogP contribution in [0.15, 0.2) is 54.6 Å². The summed E-state index contributed by atoms with van der Waals surface area (Å²) in [5, 5.41) is 4.38. The number of ether oxygens (including phenoxy) is 1. The van der Waals surface area contributed by atoms with Gasteiger partial charge in [-0.15, -0.1) is 0 Å². The van der Waals surface area contributed by atoms with Gasteiger partial charge < -0.3 is 4.74 Å². The minimum atomic E-state index is -0.300. The van der Waals surface area contributed by atoms with Crippen molar-refractivity contribution < 1.29 is 9.53 Å². The van der Waals surface area contributed by atoms with Gasteiger partial charge in [-0.25, -0.2) is 4.79 Å². The van der Waals surface area contributed by atoms with Crippen LogP contribution in [0.3, 0.4) is 0 Å². The molecule has 0 spiro atoms. The molecule has 22 heavy (non-hydrogen) atoms. The highest BCUT2D eigenvalue weighted by Gasteiger charge is 2.20. The van der Waals surface area contributed by atoms with Gasteiger partial charge in [0, 0.05) is 17.3 Å². The summed E-state index contributed by atoms with van der Waals surface area (Å²) in [5.41, 5.74) is 0.926. The van der Waals surface area contributed by atoms with Crippen LogP contribution in [0.4, 0.5) is 10.5 Å². The number of hydrogen-bond acceptors (Lipinski definition) is 2. The molecule has 0 unspecified atom stereocenters. The topological polar surface area (TPSA) is 29.5 Å². The summed E-state index contributed by atoms with van der Waals surface area (Å²) < 4.78 is 5.23. The molecule has 112 valence electrons. The normalized spacial score (nSPS) is 10.8.